The first-order chi connectivity index (χ1) is 9.20. The average Bonchev–Trinajstić information content (AvgIpc) is 2.78. The number of hydrogen-bond acceptors (Lipinski definition) is 3. The van der Waals surface area contributed by atoms with Crippen molar-refractivity contribution in [2.75, 3.05) is 19.6 Å². The summed E-state index contributed by atoms with van der Waals surface area (Å²) in [7, 11) is 0. The molecule has 1 spiro atoms. The van der Waals surface area contributed by atoms with Gasteiger partial charge >= 0.3 is 0 Å². The van der Waals surface area contributed by atoms with Gasteiger partial charge < -0.3 is 4.90 Å². The maximum absolute atomic E-state index is 11.1. The highest BCUT2D eigenvalue weighted by molar-refractivity contribution is 5.85. The van der Waals surface area contributed by atoms with Crippen LogP contribution in [0.1, 0.15) is 31.7 Å². The van der Waals surface area contributed by atoms with Gasteiger partial charge in [0.05, 0.1) is 5.69 Å². The Kier molecular flexibility index (Phi) is 3.23. The van der Waals surface area contributed by atoms with Crippen LogP contribution in [0, 0.1) is 0 Å². The Morgan fingerprint density at radius 2 is 2.05 bits per heavy atom. The quantitative estimate of drug-likeness (QED) is 0.833. The summed E-state index contributed by atoms with van der Waals surface area (Å²) in [5.74, 6) is 0.285. The third-order valence-corrected chi connectivity index (χ3v) is 4.42. The van der Waals surface area contributed by atoms with Crippen molar-refractivity contribution in [3.63, 3.8) is 0 Å². The van der Waals surface area contributed by atoms with Crippen LogP contribution in [0.5, 0.6) is 0 Å². The van der Waals surface area contributed by atoms with Crippen molar-refractivity contribution in [2.24, 2.45) is 4.99 Å². The number of para-hydroxylation sites is 1. The molecule has 1 saturated heterocycles. The number of nitrogens with zero attached hydrogens (tertiary/aromatic N) is 2. The zero-order valence-electron chi connectivity index (χ0n) is 11.4. The maximum atomic E-state index is 11.1. The molecule has 2 aliphatic rings. The normalized spacial score (nSPS) is 20.7. The Morgan fingerprint density at radius 1 is 1.32 bits per heavy atom. The summed E-state index contributed by atoms with van der Waals surface area (Å²) in [4.78, 5) is 18.0. The first-order valence-electron chi connectivity index (χ1n) is 7.06. The fourth-order valence-corrected chi connectivity index (χ4v) is 3.16. The third kappa shape index (κ3) is 2.35. The molecular weight excluding hydrogens is 236 g/mol. The number of piperidine rings is 1. The molecule has 100 valence electrons. The molecule has 0 bridgehead atoms. The molecule has 3 heteroatoms. The van der Waals surface area contributed by atoms with Crippen molar-refractivity contribution >= 4 is 17.7 Å². The molecule has 3 nitrogen and oxygen atoms in total. The SMILES string of the molecule is CC(=O)CCN1CCC2(C=Nc3ccccc32)CC1. The van der Waals surface area contributed by atoms with Crippen molar-refractivity contribution in [1.29, 1.82) is 0 Å². The lowest BCUT2D eigenvalue weighted by atomic mass is 9.74. The molecule has 0 radical (unpaired) electrons. The number of rotatable bonds is 3. The second kappa shape index (κ2) is 4.89. The summed E-state index contributed by atoms with van der Waals surface area (Å²) in [6.45, 7) is 4.71. The number of aliphatic imine (C=N–C) groups is 1. The molecular formula is C16H20N2O. The van der Waals surface area contributed by atoms with Crippen molar-refractivity contribution in [3.05, 3.63) is 29.8 Å². The van der Waals surface area contributed by atoms with E-state index in [9.17, 15) is 4.79 Å². The van der Waals surface area contributed by atoms with Gasteiger partial charge in [-0.15, -0.1) is 0 Å². The van der Waals surface area contributed by atoms with Crippen LogP contribution >= 0.6 is 0 Å². The van der Waals surface area contributed by atoms with Gasteiger partial charge in [0.1, 0.15) is 5.78 Å². The Morgan fingerprint density at radius 3 is 2.79 bits per heavy atom. The lowest BCUT2D eigenvalue weighted by Gasteiger charge is -2.38. The number of carbonyl (C=O) groups is 1. The van der Waals surface area contributed by atoms with Crippen LogP contribution < -0.4 is 0 Å². The summed E-state index contributed by atoms with van der Waals surface area (Å²) in [5.41, 5.74) is 2.68. The van der Waals surface area contributed by atoms with E-state index < -0.39 is 0 Å². The van der Waals surface area contributed by atoms with Crippen LogP contribution in [0.2, 0.25) is 0 Å². The summed E-state index contributed by atoms with van der Waals surface area (Å²) in [6.07, 6.45) is 5.06. The van der Waals surface area contributed by atoms with Gasteiger partial charge in [-0.2, -0.15) is 0 Å². The summed E-state index contributed by atoms with van der Waals surface area (Å²) in [6, 6.07) is 8.48. The van der Waals surface area contributed by atoms with Crippen molar-refractivity contribution in [2.45, 2.75) is 31.6 Å². The fourth-order valence-electron chi connectivity index (χ4n) is 3.16. The third-order valence-electron chi connectivity index (χ3n) is 4.42. The molecule has 1 aromatic carbocycles. The van der Waals surface area contributed by atoms with E-state index in [4.69, 9.17) is 0 Å². The van der Waals surface area contributed by atoms with Crippen molar-refractivity contribution < 1.29 is 4.79 Å². The van der Waals surface area contributed by atoms with E-state index in [1.54, 1.807) is 6.92 Å². The first-order valence-corrected chi connectivity index (χ1v) is 7.06. The Balaban J connectivity index is 1.68. The fraction of sp³-hybridized carbons (Fsp3) is 0.500. The Hall–Kier alpha value is -1.48. The van der Waals surface area contributed by atoms with E-state index in [1.165, 1.54) is 5.56 Å². The number of likely N-dealkylation sites (tertiary alicyclic amines) is 1. The molecule has 2 aliphatic heterocycles. The van der Waals surface area contributed by atoms with Crippen LogP contribution in [0.15, 0.2) is 29.3 Å². The Labute approximate surface area is 114 Å². The molecule has 1 aromatic rings. The van der Waals surface area contributed by atoms with E-state index >= 15 is 0 Å². The van der Waals surface area contributed by atoms with Crippen molar-refractivity contribution in [1.82, 2.24) is 4.90 Å². The van der Waals surface area contributed by atoms with E-state index in [1.807, 2.05) is 0 Å². The highest BCUT2D eigenvalue weighted by Gasteiger charge is 2.38. The molecule has 0 aliphatic carbocycles. The lowest BCUT2D eigenvalue weighted by molar-refractivity contribution is -0.117. The molecule has 0 saturated carbocycles. The number of Topliss-reactive ketones (excluding diaryl/α,β-unsaturated/α-hetero) is 1. The zero-order chi connectivity index (χ0) is 13.3. The number of ketones is 1. The van der Waals surface area contributed by atoms with Gasteiger partial charge in [-0.25, -0.2) is 0 Å². The number of carbonyl (C=O) groups excluding carboxylic acids is 1. The highest BCUT2D eigenvalue weighted by atomic mass is 16.1. The monoisotopic (exact) mass is 256 g/mol. The maximum Gasteiger partial charge on any atom is 0.131 e. The average molecular weight is 256 g/mol. The molecule has 0 N–H and O–H groups in total. The largest absolute Gasteiger partial charge is 0.303 e. The summed E-state index contributed by atoms with van der Waals surface area (Å²) in [5, 5.41) is 0. The predicted octanol–water partition coefficient (Wildman–Crippen LogP) is 2.72. The van der Waals surface area contributed by atoms with E-state index in [2.05, 4.69) is 40.4 Å². The molecule has 3 rings (SSSR count). The highest BCUT2D eigenvalue weighted by Crippen LogP contribution is 2.43. The van der Waals surface area contributed by atoms with Gasteiger partial charge in [-0.05, 0) is 44.5 Å². The molecule has 2 heterocycles. The van der Waals surface area contributed by atoms with Crippen LogP contribution in [0.25, 0.3) is 0 Å². The number of benzene rings is 1. The molecule has 0 amide bonds. The first kappa shape index (κ1) is 12.5. The minimum Gasteiger partial charge on any atom is -0.303 e. The Bertz CT molecular complexity index is 513. The van der Waals surface area contributed by atoms with Crippen LogP contribution in [-0.4, -0.2) is 36.5 Å². The van der Waals surface area contributed by atoms with Crippen molar-refractivity contribution in [3.8, 4) is 0 Å². The summed E-state index contributed by atoms with van der Waals surface area (Å²) < 4.78 is 0. The smallest absolute Gasteiger partial charge is 0.131 e. The minimum absolute atomic E-state index is 0.156. The minimum atomic E-state index is 0.156. The molecule has 0 atom stereocenters. The van der Waals surface area contributed by atoms with E-state index in [-0.39, 0.29) is 11.2 Å². The van der Waals surface area contributed by atoms with Crippen LogP contribution in [0.4, 0.5) is 5.69 Å². The van der Waals surface area contributed by atoms with Gasteiger partial charge in [0.15, 0.2) is 0 Å². The van der Waals surface area contributed by atoms with Crippen LogP contribution in [0.3, 0.4) is 0 Å². The van der Waals surface area contributed by atoms with Gasteiger partial charge in [-0.1, -0.05) is 18.2 Å². The van der Waals surface area contributed by atoms with Crippen LogP contribution in [-0.2, 0) is 10.2 Å². The second-order valence-corrected chi connectivity index (χ2v) is 5.73. The van der Waals surface area contributed by atoms with E-state index in [0.29, 0.717) is 6.42 Å². The topological polar surface area (TPSA) is 32.7 Å². The van der Waals surface area contributed by atoms with Gasteiger partial charge in [-0.3, -0.25) is 9.79 Å². The van der Waals surface area contributed by atoms with Gasteiger partial charge in [0.25, 0.3) is 0 Å². The lowest BCUT2D eigenvalue weighted by Crippen LogP contribution is -2.43. The van der Waals surface area contributed by atoms with Gasteiger partial charge in [0.2, 0.25) is 0 Å². The zero-order valence-corrected chi connectivity index (χ0v) is 11.4. The molecule has 1 fully saturated rings. The predicted molar refractivity (Wildman–Crippen MR) is 77.2 cm³/mol. The van der Waals surface area contributed by atoms with E-state index in [0.717, 1.165) is 38.2 Å². The molecule has 19 heavy (non-hydrogen) atoms. The molecule has 0 unspecified atom stereocenters. The number of hydrogen-bond donors (Lipinski definition) is 0. The van der Waals surface area contributed by atoms with Gasteiger partial charge in [0, 0.05) is 24.6 Å². The standard InChI is InChI=1S/C16H20N2O/c1-13(19)6-9-18-10-7-16(8-11-18)12-17-15-5-3-2-4-14(15)16/h2-5,12H,6-11H2,1H3. The summed E-state index contributed by atoms with van der Waals surface area (Å²) >= 11 is 0. The molecule has 0 aromatic heterocycles. The second-order valence-electron chi connectivity index (χ2n) is 5.73. The number of fused-ring (bicyclic) bond motifs is 2.